The molecule has 0 bridgehead atoms. The van der Waals surface area contributed by atoms with Crippen molar-refractivity contribution in [2.24, 2.45) is 10.9 Å². The molecule has 2 aromatic heterocycles. The third kappa shape index (κ3) is 6.76. The number of guanidine groups is 1. The SMILES string of the molecule is CN=C(NCCc1nc(C)c(C)s1)NCC(C)Cn1cccn1.I. The van der Waals surface area contributed by atoms with Gasteiger partial charge in [0, 0.05) is 50.4 Å². The zero-order valence-electron chi connectivity index (χ0n) is 14.7. The van der Waals surface area contributed by atoms with Gasteiger partial charge in [0.25, 0.3) is 0 Å². The van der Waals surface area contributed by atoms with E-state index in [1.165, 1.54) is 9.88 Å². The van der Waals surface area contributed by atoms with E-state index in [0.29, 0.717) is 5.92 Å². The van der Waals surface area contributed by atoms with E-state index in [1.54, 1.807) is 18.4 Å². The smallest absolute Gasteiger partial charge is 0.191 e. The Balaban J connectivity index is 0.00000288. The second-order valence-corrected chi connectivity index (χ2v) is 7.00. The van der Waals surface area contributed by atoms with E-state index >= 15 is 0 Å². The summed E-state index contributed by atoms with van der Waals surface area (Å²) in [6.07, 6.45) is 4.72. The molecular formula is C16H27IN6S. The average Bonchev–Trinajstić information content (AvgIpc) is 3.13. The van der Waals surface area contributed by atoms with Crippen LogP contribution in [0, 0.1) is 19.8 Å². The maximum atomic E-state index is 4.56. The Bertz CT molecular complexity index is 603. The summed E-state index contributed by atoms with van der Waals surface area (Å²) < 4.78 is 1.95. The van der Waals surface area contributed by atoms with Crippen LogP contribution in [0.3, 0.4) is 0 Å². The highest BCUT2D eigenvalue weighted by molar-refractivity contribution is 14.0. The van der Waals surface area contributed by atoms with Crippen molar-refractivity contribution in [1.82, 2.24) is 25.4 Å². The van der Waals surface area contributed by atoms with Gasteiger partial charge in [0.2, 0.25) is 0 Å². The number of aliphatic imine (C=N–C) groups is 1. The average molecular weight is 462 g/mol. The Morgan fingerprint density at radius 3 is 2.75 bits per heavy atom. The second-order valence-electron chi connectivity index (χ2n) is 5.71. The molecule has 24 heavy (non-hydrogen) atoms. The second kappa shape index (κ2) is 10.7. The third-order valence-electron chi connectivity index (χ3n) is 3.60. The number of aryl methyl sites for hydroxylation is 2. The first-order valence-corrected chi connectivity index (χ1v) is 8.75. The van der Waals surface area contributed by atoms with Crippen molar-refractivity contribution in [3.8, 4) is 0 Å². The molecule has 0 aliphatic heterocycles. The molecule has 8 heteroatoms. The largest absolute Gasteiger partial charge is 0.356 e. The van der Waals surface area contributed by atoms with E-state index in [9.17, 15) is 0 Å². The predicted molar refractivity (Wildman–Crippen MR) is 111 cm³/mol. The van der Waals surface area contributed by atoms with Gasteiger partial charge < -0.3 is 10.6 Å². The van der Waals surface area contributed by atoms with Crippen LogP contribution >= 0.6 is 35.3 Å². The number of hydrogen-bond donors (Lipinski definition) is 2. The summed E-state index contributed by atoms with van der Waals surface area (Å²) in [5.41, 5.74) is 1.14. The maximum absolute atomic E-state index is 4.56. The standard InChI is InChI=1S/C16H26N6S.HI/c1-12(11-22-9-5-7-20-22)10-19-16(17-4)18-8-6-15-21-13(2)14(3)23-15;/h5,7,9,12H,6,8,10-11H2,1-4H3,(H2,17,18,19);1H. The van der Waals surface area contributed by atoms with Crippen molar-refractivity contribution in [3.05, 3.63) is 34.0 Å². The monoisotopic (exact) mass is 462 g/mol. The first kappa shape index (κ1) is 20.9. The molecule has 0 radical (unpaired) electrons. The lowest BCUT2D eigenvalue weighted by Crippen LogP contribution is -2.40. The highest BCUT2D eigenvalue weighted by atomic mass is 127. The normalized spacial score (nSPS) is 12.6. The summed E-state index contributed by atoms with van der Waals surface area (Å²) in [5.74, 6) is 1.31. The van der Waals surface area contributed by atoms with Gasteiger partial charge in [-0.3, -0.25) is 9.67 Å². The Morgan fingerprint density at radius 1 is 1.38 bits per heavy atom. The molecule has 0 spiro atoms. The summed E-state index contributed by atoms with van der Waals surface area (Å²) in [6.45, 7) is 8.96. The van der Waals surface area contributed by atoms with Gasteiger partial charge in [-0.25, -0.2) is 4.98 Å². The van der Waals surface area contributed by atoms with E-state index in [0.717, 1.165) is 37.7 Å². The van der Waals surface area contributed by atoms with Gasteiger partial charge in [-0.15, -0.1) is 35.3 Å². The van der Waals surface area contributed by atoms with E-state index in [4.69, 9.17) is 0 Å². The number of rotatable bonds is 7. The van der Waals surface area contributed by atoms with E-state index in [1.807, 2.05) is 23.1 Å². The molecule has 1 atom stereocenters. The molecule has 6 nitrogen and oxygen atoms in total. The lowest BCUT2D eigenvalue weighted by atomic mass is 10.2. The molecule has 0 aliphatic rings. The van der Waals surface area contributed by atoms with Crippen molar-refractivity contribution in [3.63, 3.8) is 0 Å². The van der Waals surface area contributed by atoms with Crippen molar-refractivity contribution in [2.45, 2.75) is 33.7 Å². The van der Waals surface area contributed by atoms with Crippen molar-refractivity contribution < 1.29 is 0 Å². The van der Waals surface area contributed by atoms with E-state index in [-0.39, 0.29) is 24.0 Å². The molecule has 0 amide bonds. The Morgan fingerprint density at radius 2 is 2.17 bits per heavy atom. The summed E-state index contributed by atoms with van der Waals surface area (Å²) in [6, 6.07) is 1.95. The van der Waals surface area contributed by atoms with E-state index in [2.05, 4.69) is 46.5 Å². The highest BCUT2D eigenvalue weighted by Gasteiger charge is 2.06. The Kier molecular flexibility index (Phi) is 9.27. The van der Waals surface area contributed by atoms with Gasteiger partial charge in [0.15, 0.2) is 5.96 Å². The number of hydrogen-bond acceptors (Lipinski definition) is 4. The molecule has 134 valence electrons. The minimum absolute atomic E-state index is 0. The summed E-state index contributed by atoms with van der Waals surface area (Å²) >= 11 is 1.77. The van der Waals surface area contributed by atoms with E-state index < -0.39 is 0 Å². The van der Waals surface area contributed by atoms with Crippen LogP contribution in [0.15, 0.2) is 23.5 Å². The fraction of sp³-hybridized carbons (Fsp3) is 0.562. The lowest BCUT2D eigenvalue weighted by Gasteiger charge is -2.16. The number of nitrogens with one attached hydrogen (secondary N) is 2. The number of thiazole rings is 1. The molecule has 2 N–H and O–H groups in total. The van der Waals surface area contributed by atoms with Gasteiger partial charge >= 0.3 is 0 Å². The summed E-state index contributed by atoms with van der Waals surface area (Å²) in [5, 5.41) is 12.1. The van der Waals surface area contributed by atoms with Crippen LogP contribution < -0.4 is 10.6 Å². The van der Waals surface area contributed by atoms with Gasteiger partial charge in [-0.1, -0.05) is 6.92 Å². The quantitative estimate of drug-likeness (QED) is 0.377. The van der Waals surface area contributed by atoms with Crippen molar-refractivity contribution >= 4 is 41.3 Å². The zero-order valence-corrected chi connectivity index (χ0v) is 17.9. The number of halogens is 1. The highest BCUT2D eigenvalue weighted by Crippen LogP contribution is 2.16. The minimum atomic E-state index is 0. The summed E-state index contributed by atoms with van der Waals surface area (Å²) in [4.78, 5) is 10.1. The molecular weight excluding hydrogens is 435 g/mol. The van der Waals surface area contributed by atoms with Crippen LogP contribution in [0.5, 0.6) is 0 Å². The molecule has 0 saturated heterocycles. The Hall–Kier alpha value is -1.16. The molecule has 0 aromatic carbocycles. The fourth-order valence-electron chi connectivity index (χ4n) is 2.22. The molecule has 0 fully saturated rings. The molecule has 2 heterocycles. The van der Waals surface area contributed by atoms with Crippen molar-refractivity contribution in [1.29, 1.82) is 0 Å². The van der Waals surface area contributed by atoms with Gasteiger partial charge in [0.05, 0.1) is 10.7 Å². The third-order valence-corrected chi connectivity index (χ3v) is 4.74. The lowest BCUT2D eigenvalue weighted by molar-refractivity contribution is 0.443. The number of nitrogens with zero attached hydrogens (tertiary/aromatic N) is 4. The molecule has 2 rings (SSSR count). The Labute approximate surface area is 165 Å². The maximum Gasteiger partial charge on any atom is 0.191 e. The molecule has 0 aliphatic carbocycles. The van der Waals surface area contributed by atoms with Crippen LogP contribution in [-0.2, 0) is 13.0 Å². The number of aromatic nitrogens is 3. The minimum Gasteiger partial charge on any atom is -0.356 e. The van der Waals surface area contributed by atoms with Gasteiger partial charge in [-0.2, -0.15) is 5.10 Å². The molecule has 2 aromatic rings. The zero-order chi connectivity index (χ0) is 16.7. The van der Waals surface area contributed by atoms with Crippen LogP contribution in [0.1, 0.15) is 22.5 Å². The van der Waals surface area contributed by atoms with Crippen LogP contribution in [0.4, 0.5) is 0 Å². The topological polar surface area (TPSA) is 67.1 Å². The van der Waals surface area contributed by atoms with Crippen LogP contribution in [-0.4, -0.2) is 40.9 Å². The van der Waals surface area contributed by atoms with Gasteiger partial charge in [-0.05, 0) is 25.8 Å². The first-order valence-electron chi connectivity index (χ1n) is 7.93. The van der Waals surface area contributed by atoms with Gasteiger partial charge in [0.1, 0.15) is 0 Å². The van der Waals surface area contributed by atoms with Crippen LogP contribution in [0.25, 0.3) is 0 Å². The molecule has 0 saturated carbocycles. The first-order chi connectivity index (χ1) is 11.1. The molecule has 1 unspecified atom stereocenters. The summed E-state index contributed by atoms with van der Waals surface area (Å²) in [7, 11) is 1.80. The predicted octanol–water partition coefficient (Wildman–Crippen LogP) is 2.62. The van der Waals surface area contributed by atoms with Crippen LogP contribution in [0.2, 0.25) is 0 Å². The fourth-order valence-corrected chi connectivity index (χ4v) is 3.15. The van der Waals surface area contributed by atoms with Crippen molar-refractivity contribution in [2.75, 3.05) is 20.1 Å².